The van der Waals surface area contributed by atoms with Gasteiger partial charge in [-0.2, -0.15) is 0 Å². The number of nitrogens with zero attached hydrogens (tertiary/aromatic N) is 2. The summed E-state index contributed by atoms with van der Waals surface area (Å²) in [5.74, 6) is 1.63. The number of carbonyl (C=O) groups is 1. The van der Waals surface area contributed by atoms with Gasteiger partial charge < -0.3 is 9.47 Å². The monoisotopic (exact) mass is 398 g/mol. The van der Waals surface area contributed by atoms with Crippen LogP contribution in [0, 0.1) is 0 Å². The van der Waals surface area contributed by atoms with E-state index in [4.69, 9.17) is 9.47 Å². The lowest BCUT2D eigenvalue weighted by atomic mass is 10.0. The molecule has 1 atom stereocenters. The average molecular weight is 398 g/mol. The van der Waals surface area contributed by atoms with Gasteiger partial charge in [-0.1, -0.05) is 0 Å². The van der Waals surface area contributed by atoms with Gasteiger partial charge in [-0.15, -0.1) is 0 Å². The average Bonchev–Trinajstić information content (AvgIpc) is 3.22. The quantitative estimate of drug-likeness (QED) is 0.716. The molecular formula is C20H18N2O5S. The fourth-order valence-corrected chi connectivity index (χ4v) is 5.65. The van der Waals surface area contributed by atoms with Crippen LogP contribution < -0.4 is 9.47 Å². The van der Waals surface area contributed by atoms with Crippen LogP contribution in [0.2, 0.25) is 0 Å². The van der Waals surface area contributed by atoms with E-state index in [2.05, 4.69) is 4.98 Å². The minimum Gasteiger partial charge on any atom is -0.478 e. The maximum Gasteiger partial charge on any atom is 0.231 e. The van der Waals surface area contributed by atoms with Crippen LogP contribution >= 0.6 is 0 Å². The molecule has 4 heterocycles. The second kappa shape index (κ2) is 6.42. The van der Waals surface area contributed by atoms with Crippen molar-refractivity contribution in [3.8, 4) is 11.5 Å². The van der Waals surface area contributed by atoms with E-state index in [1.807, 2.05) is 4.90 Å². The predicted octanol–water partition coefficient (Wildman–Crippen LogP) is 2.04. The Bertz CT molecular complexity index is 1100. The summed E-state index contributed by atoms with van der Waals surface area (Å²) in [5.41, 5.74) is 2.12. The van der Waals surface area contributed by atoms with Crippen molar-refractivity contribution in [1.29, 1.82) is 0 Å². The number of rotatable bonds is 2. The van der Waals surface area contributed by atoms with E-state index in [9.17, 15) is 13.2 Å². The summed E-state index contributed by atoms with van der Waals surface area (Å²) in [6, 6.07) is 7.03. The van der Waals surface area contributed by atoms with E-state index in [0.29, 0.717) is 36.8 Å². The van der Waals surface area contributed by atoms with Crippen molar-refractivity contribution in [2.75, 3.05) is 18.2 Å². The van der Waals surface area contributed by atoms with Crippen LogP contribution in [0.4, 0.5) is 0 Å². The molecule has 7 nitrogen and oxygen atoms in total. The lowest BCUT2D eigenvalue weighted by Gasteiger charge is -2.33. The first kappa shape index (κ1) is 17.4. The number of sulfone groups is 1. The third-order valence-electron chi connectivity index (χ3n) is 5.37. The number of ketones is 1. The number of Topliss-reactive ketones (excluding diaryl/α,β-unsaturated/α-hetero) is 1. The number of pyridine rings is 1. The van der Waals surface area contributed by atoms with Gasteiger partial charge in [0.05, 0.1) is 22.6 Å². The van der Waals surface area contributed by atoms with E-state index >= 15 is 0 Å². The molecule has 0 amide bonds. The fourth-order valence-electron chi connectivity index (χ4n) is 3.88. The molecule has 5 rings (SSSR count). The second-order valence-corrected chi connectivity index (χ2v) is 9.45. The first-order chi connectivity index (χ1) is 13.5. The van der Waals surface area contributed by atoms with Gasteiger partial charge in [0.15, 0.2) is 15.6 Å². The Morgan fingerprint density at radius 2 is 2.00 bits per heavy atom. The lowest BCUT2D eigenvalue weighted by molar-refractivity contribution is 0.0634. The number of aromatic nitrogens is 1. The summed E-state index contributed by atoms with van der Waals surface area (Å²) < 4.78 is 35.4. The van der Waals surface area contributed by atoms with E-state index in [-0.39, 0.29) is 29.1 Å². The molecule has 1 fully saturated rings. The third kappa shape index (κ3) is 2.98. The number of hydrogen-bond acceptors (Lipinski definition) is 7. The van der Waals surface area contributed by atoms with Gasteiger partial charge >= 0.3 is 0 Å². The Morgan fingerprint density at radius 1 is 1.18 bits per heavy atom. The molecule has 0 aliphatic carbocycles. The fraction of sp³-hybridized carbons (Fsp3) is 0.300. The standard InChI is InChI=1S/C20H18N2O5S/c23-19-15-1-2-17-16(10-22(12-26-17)14-5-8-28(24,25)11-14)20(15)27-18(19)9-13-3-6-21-7-4-13/h1-4,6-7,9,14H,5,8,10-12H2/b18-9-. The molecule has 1 aromatic carbocycles. The van der Waals surface area contributed by atoms with Gasteiger partial charge in [0.1, 0.15) is 18.2 Å². The van der Waals surface area contributed by atoms with Crippen molar-refractivity contribution >= 4 is 21.7 Å². The predicted molar refractivity (Wildman–Crippen MR) is 102 cm³/mol. The summed E-state index contributed by atoms with van der Waals surface area (Å²) in [7, 11) is -2.98. The normalized spacial score (nSPS) is 24.5. The van der Waals surface area contributed by atoms with Crippen molar-refractivity contribution in [1.82, 2.24) is 9.88 Å². The van der Waals surface area contributed by atoms with Crippen molar-refractivity contribution in [2.45, 2.75) is 19.0 Å². The zero-order valence-corrected chi connectivity index (χ0v) is 15.8. The van der Waals surface area contributed by atoms with Crippen LogP contribution in [0.5, 0.6) is 11.5 Å². The summed E-state index contributed by atoms with van der Waals surface area (Å²) in [6.07, 6.45) is 5.61. The van der Waals surface area contributed by atoms with Crippen LogP contribution in [0.25, 0.3) is 6.08 Å². The largest absolute Gasteiger partial charge is 0.478 e. The number of allylic oxidation sites excluding steroid dienone is 1. The Balaban J connectivity index is 1.46. The van der Waals surface area contributed by atoms with Gasteiger partial charge in [-0.3, -0.25) is 14.7 Å². The summed E-state index contributed by atoms with van der Waals surface area (Å²) in [5, 5.41) is 0. The number of ether oxygens (including phenoxy) is 2. The minimum absolute atomic E-state index is 0.0714. The molecule has 3 aliphatic heterocycles. The van der Waals surface area contributed by atoms with Gasteiger partial charge in [0, 0.05) is 25.0 Å². The molecular weight excluding hydrogens is 380 g/mol. The van der Waals surface area contributed by atoms with Gasteiger partial charge in [0.2, 0.25) is 5.78 Å². The molecule has 144 valence electrons. The number of fused-ring (bicyclic) bond motifs is 3. The van der Waals surface area contributed by atoms with Crippen LogP contribution in [0.3, 0.4) is 0 Å². The van der Waals surface area contributed by atoms with Gasteiger partial charge in [-0.05, 0) is 42.3 Å². The highest BCUT2D eigenvalue weighted by molar-refractivity contribution is 7.91. The molecule has 3 aliphatic rings. The SMILES string of the molecule is O=C1/C(=C/c2ccncc2)Oc2c1ccc1c2CN(C2CCS(=O)(=O)C2)CO1. The molecule has 0 radical (unpaired) electrons. The molecule has 0 saturated carbocycles. The molecule has 2 aromatic rings. The number of benzene rings is 1. The van der Waals surface area contributed by atoms with Crippen molar-refractivity contribution in [3.63, 3.8) is 0 Å². The van der Waals surface area contributed by atoms with Crippen LogP contribution in [0.15, 0.2) is 42.4 Å². The first-order valence-electron chi connectivity index (χ1n) is 9.08. The molecule has 8 heteroatoms. The highest BCUT2D eigenvalue weighted by Crippen LogP contribution is 2.42. The second-order valence-electron chi connectivity index (χ2n) is 7.22. The maximum atomic E-state index is 12.8. The third-order valence-corrected chi connectivity index (χ3v) is 7.12. The Hall–Kier alpha value is -2.71. The highest BCUT2D eigenvalue weighted by atomic mass is 32.2. The maximum absolute atomic E-state index is 12.8. The Kier molecular flexibility index (Phi) is 3.99. The van der Waals surface area contributed by atoms with Crippen molar-refractivity contribution < 1.29 is 22.7 Å². The molecule has 0 N–H and O–H groups in total. The lowest BCUT2D eigenvalue weighted by Crippen LogP contribution is -2.41. The molecule has 1 saturated heterocycles. The molecule has 0 bridgehead atoms. The van der Waals surface area contributed by atoms with E-state index < -0.39 is 9.84 Å². The van der Waals surface area contributed by atoms with Gasteiger partial charge in [-0.25, -0.2) is 8.42 Å². The van der Waals surface area contributed by atoms with Crippen LogP contribution in [-0.2, 0) is 16.4 Å². The Labute approximate surface area is 162 Å². The van der Waals surface area contributed by atoms with E-state index in [1.54, 1.807) is 42.7 Å². The zero-order valence-electron chi connectivity index (χ0n) is 15.0. The molecule has 1 aromatic heterocycles. The smallest absolute Gasteiger partial charge is 0.231 e. The molecule has 28 heavy (non-hydrogen) atoms. The zero-order chi connectivity index (χ0) is 19.3. The topological polar surface area (TPSA) is 85.8 Å². The number of carbonyl (C=O) groups excluding carboxylic acids is 1. The van der Waals surface area contributed by atoms with Gasteiger partial charge in [0.25, 0.3) is 0 Å². The molecule has 0 spiro atoms. The molecule has 1 unspecified atom stereocenters. The van der Waals surface area contributed by atoms with Crippen molar-refractivity contribution in [3.05, 3.63) is 59.1 Å². The first-order valence-corrected chi connectivity index (χ1v) is 10.9. The highest BCUT2D eigenvalue weighted by Gasteiger charge is 2.38. The minimum atomic E-state index is -2.98. The van der Waals surface area contributed by atoms with Crippen molar-refractivity contribution in [2.24, 2.45) is 0 Å². The van der Waals surface area contributed by atoms with E-state index in [1.165, 1.54) is 0 Å². The summed E-state index contributed by atoms with van der Waals surface area (Å²) >= 11 is 0. The summed E-state index contributed by atoms with van der Waals surface area (Å²) in [4.78, 5) is 18.7. The van der Waals surface area contributed by atoms with Crippen LogP contribution in [0.1, 0.15) is 27.9 Å². The Morgan fingerprint density at radius 3 is 2.75 bits per heavy atom. The van der Waals surface area contributed by atoms with Crippen LogP contribution in [-0.4, -0.2) is 48.4 Å². The number of hydrogen-bond donors (Lipinski definition) is 0. The van der Waals surface area contributed by atoms with E-state index in [0.717, 1.165) is 11.1 Å². The summed E-state index contributed by atoms with van der Waals surface area (Å²) in [6.45, 7) is 0.828.